The van der Waals surface area contributed by atoms with Crippen LogP contribution in [0, 0.1) is 5.82 Å². The summed E-state index contributed by atoms with van der Waals surface area (Å²) in [7, 11) is 0. The van der Waals surface area contributed by atoms with Gasteiger partial charge >= 0.3 is 5.97 Å². The summed E-state index contributed by atoms with van der Waals surface area (Å²) in [5, 5.41) is 10.8. The lowest BCUT2D eigenvalue weighted by molar-refractivity contribution is -0.137. The lowest BCUT2D eigenvalue weighted by Gasteiger charge is -2.34. The molecule has 6 nitrogen and oxygen atoms in total. The summed E-state index contributed by atoms with van der Waals surface area (Å²) in [6.45, 7) is 1.86. The van der Waals surface area contributed by atoms with Crippen LogP contribution in [0.25, 0.3) is 0 Å². The Bertz CT molecular complexity index is 535. The van der Waals surface area contributed by atoms with Gasteiger partial charge in [0.15, 0.2) is 0 Å². The fourth-order valence-electron chi connectivity index (χ4n) is 2.06. The number of carbonyl (C=O) groups is 2. The van der Waals surface area contributed by atoms with Crippen LogP contribution < -0.4 is 15.0 Å². The van der Waals surface area contributed by atoms with E-state index in [2.05, 4.69) is 5.32 Å². The summed E-state index contributed by atoms with van der Waals surface area (Å²) < 4.78 is 18.7. The van der Waals surface area contributed by atoms with Crippen molar-refractivity contribution >= 4 is 17.6 Å². The number of carboxylic acid groups (broad SMARTS) is 1. The second kappa shape index (κ2) is 5.77. The smallest absolute Gasteiger partial charge is 0.322 e. The van der Waals surface area contributed by atoms with E-state index < -0.39 is 24.2 Å². The number of rotatable bonds is 4. The second-order valence-electron chi connectivity index (χ2n) is 4.59. The quantitative estimate of drug-likeness (QED) is 0.846. The summed E-state index contributed by atoms with van der Waals surface area (Å²) in [6.07, 6.45) is -0.184. The van der Waals surface area contributed by atoms with Crippen LogP contribution in [0.4, 0.5) is 10.1 Å². The molecule has 20 heavy (non-hydrogen) atoms. The molecule has 0 fully saturated rings. The van der Waals surface area contributed by atoms with E-state index in [1.807, 2.05) is 6.92 Å². The molecule has 1 aromatic carbocycles. The molecule has 2 rings (SSSR count). The predicted molar refractivity (Wildman–Crippen MR) is 69.3 cm³/mol. The van der Waals surface area contributed by atoms with Crippen molar-refractivity contribution < 1.29 is 23.8 Å². The van der Waals surface area contributed by atoms with Gasteiger partial charge in [0.05, 0.1) is 18.8 Å². The number of anilines is 1. The van der Waals surface area contributed by atoms with Gasteiger partial charge in [-0.1, -0.05) is 0 Å². The average Bonchev–Trinajstić information content (AvgIpc) is 2.35. The monoisotopic (exact) mass is 282 g/mol. The van der Waals surface area contributed by atoms with Crippen LogP contribution in [0.15, 0.2) is 18.2 Å². The number of amides is 1. The molecule has 0 saturated carbocycles. The molecule has 1 amide bonds. The highest BCUT2D eigenvalue weighted by molar-refractivity contribution is 5.85. The number of fused-ring (bicyclic) bond motifs is 1. The Morgan fingerprint density at radius 2 is 2.30 bits per heavy atom. The van der Waals surface area contributed by atoms with Crippen LogP contribution in [0.1, 0.15) is 6.92 Å². The molecular weight excluding hydrogens is 267 g/mol. The van der Waals surface area contributed by atoms with Crippen molar-refractivity contribution in [3.8, 4) is 5.75 Å². The third-order valence-electron chi connectivity index (χ3n) is 2.84. The summed E-state index contributed by atoms with van der Waals surface area (Å²) in [6, 6.07) is 4.11. The minimum atomic E-state index is -1.10. The summed E-state index contributed by atoms with van der Waals surface area (Å²) in [5.41, 5.74) is 0.620. The maximum atomic E-state index is 13.2. The standard InChI is InChI=1S/C13H15FN2O4/c1-8-6-16(7-12(17)15-5-13(18)19)10-3-2-9(14)4-11(10)20-8/h2-4,8H,5-7H2,1H3,(H,15,17)(H,18,19). The van der Waals surface area contributed by atoms with Gasteiger partial charge in [0.25, 0.3) is 0 Å². The van der Waals surface area contributed by atoms with Gasteiger partial charge in [-0.25, -0.2) is 4.39 Å². The van der Waals surface area contributed by atoms with Crippen molar-refractivity contribution in [1.29, 1.82) is 0 Å². The highest BCUT2D eigenvalue weighted by Gasteiger charge is 2.25. The third-order valence-corrected chi connectivity index (χ3v) is 2.84. The van der Waals surface area contributed by atoms with Gasteiger partial charge in [-0.2, -0.15) is 0 Å². The van der Waals surface area contributed by atoms with Crippen LogP contribution in [0.5, 0.6) is 5.75 Å². The molecule has 2 N–H and O–H groups in total. The fraction of sp³-hybridized carbons (Fsp3) is 0.385. The van der Waals surface area contributed by atoms with E-state index in [-0.39, 0.29) is 12.6 Å². The molecule has 1 atom stereocenters. The molecule has 1 aromatic rings. The van der Waals surface area contributed by atoms with Crippen LogP contribution in [-0.2, 0) is 9.59 Å². The topological polar surface area (TPSA) is 78.9 Å². The number of nitrogens with zero attached hydrogens (tertiary/aromatic N) is 1. The van der Waals surface area contributed by atoms with Crippen LogP contribution in [-0.4, -0.2) is 42.7 Å². The first-order chi connectivity index (χ1) is 9.45. The molecule has 1 heterocycles. The number of hydrogen-bond acceptors (Lipinski definition) is 4. The van der Waals surface area contributed by atoms with E-state index in [0.717, 1.165) is 0 Å². The van der Waals surface area contributed by atoms with Crippen molar-refractivity contribution in [2.45, 2.75) is 13.0 Å². The Hall–Kier alpha value is -2.31. The Morgan fingerprint density at radius 3 is 3.00 bits per heavy atom. The molecule has 1 aliphatic rings. The molecule has 0 saturated heterocycles. The predicted octanol–water partition coefficient (Wildman–Crippen LogP) is 0.614. The highest BCUT2D eigenvalue weighted by atomic mass is 19.1. The average molecular weight is 282 g/mol. The van der Waals surface area contributed by atoms with Gasteiger partial charge in [-0.3, -0.25) is 9.59 Å². The Morgan fingerprint density at radius 1 is 1.55 bits per heavy atom. The molecule has 0 spiro atoms. The van der Waals surface area contributed by atoms with Crippen molar-refractivity contribution in [2.75, 3.05) is 24.5 Å². The molecule has 0 aromatic heterocycles. The number of halogens is 1. The third kappa shape index (κ3) is 3.37. The number of aliphatic carboxylic acids is 1. The van der Waals surface area contributed by atoms with Crippen molar-refractivity contribution in [3.63, 3.8) is 0 Å². The number of carboxylic acids is 1. The number of nitrogens with one attached hydrogen (secondary N) is 1. The zero-order chi connectivity index (χ0) is 14.7. The molecular formula is C13H15FN2O4. The lowest BCUT2D eigenvalue weighted by atomic mass is 10.2. The van der Waals surface area contributed by atoms with Crippen molar-refractivity contribution in [2.24, 2.45) is 0 Å². The van der Waals surface area contributed by atoms with Crippen molar-refractivity contribution in [1.82, 2.24) is 5.32 Å². The maximum absolute atomic E-state index is 13.2. The molecule has 7 heteroatoms. The van der Waals surface area contributed by atoms with Crippen LogP contribution in [0.2, 0.25) is 0 Å². The molecule has 108 valence electrons. The van der Waals surface area contributed by atoms with Gasteiger partial charge in [-0.15, -0.1) is 0 Å². The first-order valence-electron chi connectivity index (χ1n) is 6.15. The highest BCUT2D eigenvalue weighted by Crippen LogP contribution is 2.33. The van der Waals surface area contributed by atoms with E-state index in [1.165, 1.54) is 12.1 Å². The minimum absolute atomic E-state index is 0.000385. The number of benzene rings is 1. The second-order valence-corrected chi connectivity index (χ2v) is 4.59. The Labute approximate surface area is 115 Å². The van der Waals surface area contributed by atoms with Gasteiger partial charge in [0.2, 0.25) is 5.91 Å². The molecule has 0 aliphatic carbocycles. The first kappa shape index (κ1) is 14.1. The van der Waals surface area contributed by atoms with Gasteiger partial charge in [0.1, 0.15) is 24.2 Å². The van der Waals surface area contributed by atoms with E-state index in [0.29, 0.717) is 18.0 Å². The van der Waals surface area contributed by atoms with E-state index in [1.54, 1.807) is 11.0 Å². The lowest BCUT2D eigenvalue weighted by Crippen LogP contribution is -2.45. The van der Waals surface area contributed by atoms with Gasteiger partial charge in [-0.05, 0) is 19.1 Å². The van der Waals surface area contributed by atoms with Crippen LogP contribution >= 0.6 is 0 Å². The fourth-order valence-corrected chi connectivity index (χ4v) is 2.06. The SMILES string of the molecule is CC1CN(CC(=O)NCC(=O)O)c2ccc(F)cc2O1. The zero-order valence-corrected chi connectivity index (χ0v) is 10.9. The van der Waals surface area contributed by atoms with E-state index >= 15 is 0 Å². The molecule has 1 aliphatic heterocycles. The van der Waals surface area contributed by atoms with Gasteiger partial charge < -0.3 is 20.1 Å². The van der Waals surface area contributed by atoms with Crippen LogP contribution in [0.3, 0.4) is 0 Å². The largest absolute Gasteiger partial charge is 0.487 e. The maximum Gasteiger partial charge on any atom is 0.322 e. The molecule has 0 radical (unpaired) electrons. The van der Waals surface area contributed by atoms with Gasteiger partial charge in [0, 0.05) is 6.07 Å². The first-order valence-corrected chi connectivity index (χ1v) is 6.15. The number of carbonyl (C=O) groups excluding carboxylic acids is 1. The molecule has 0 bridgehead atoms. The van der Waals surface area contributed by atoms with E-state index in [9.17, 15) is 14.0 Å². The normalized spacial score (nSPS) is 17.1. The minimum Gasteiger partial charge on any atom is -0.487 e. The van der Waals surface area contributed by atoms with Crippen molar-refractivity contribution in [3.05, 3.63) is 24.0 Å². The summed E-state index contributed by atoms with van der Waals surface area (Å²) in [5.74, 6) is -1.53. The van der Waals surface area contributed by atoms with E-state index in [4.69, 9.17) is 9.84 Å². The number of hydrogen-bond donors (Lipinski definition) is 2. The summed E-state index contributed by atoms with van der Waals surface area (Å²) in [4.78, 5) is 23.8. The number of ether oxygens (including phenoxy) is 1. The molecule has 1 unspecified atom stereocenters. The summed E-state index contributed by atoms with van der Waals surface area (Å²) >= 11 is 0. The Kier molecular flexibility index (Phi) is 4.07. The zero-order valence-electron chi connectivity index (χ0n) is 10.9. The Balaban J connectivity index is 2.09.